The highest BCUT2D eigenvalue weighted by Gasteiger charge is 2.30. The van der Waals surface area contributed by atoms with Crippen molar-refractivity contribution < 1.29 is 17.6 Å². The molecule has 0 radical (unpaired) electrons. The molecule has 1 heterocycles. The lowest BCUT2D eigenvalue weighted by molar-refractivity contribution is -0.137. The maximum absolute atomic E-state index is 13.2. The van der Waals surface area contributed by atoms with E-state index in [2.05, 4.69) is 4.98 Å². The zero-order valence-corrected chi connectivity index (χ0v) is 10.1. The molecule has 0 amide bonds. The van der Waals surface area contributed by atoms with Crippen molar-refractivity contribution in [3.05, 3.63) is 53.6 Å². The van der Waals surface area contributed by atoms with E-state index in [1.54, 1.807) is 0 Å². The van der Waals surface area contributed by atoms with Crippen molar-refractivity contribution in [2.24, 2.45) is 0 Å². The quantitative estimate of drug-likeness (QED) is 0.780. The molecule has 0 N–H and O–H groups in total. The van der Waals surface area contributed by atoms with Crippen molar-refractivity contribution >= 4 is 0 Å². The summed E-state index contributed by atoms with van der Waals surface area (Å²) in [4.78, 5) is 3.76. The average molecular weight is 280 g/mol. The predicted molar refractivity (Wildman–Crippen MR) is 64.0 cm³/mol. The van der Waals surface area contributed by atoms with E-state index in [0.717, 1.165) is 24.4 Å². The molecule has 0 aliphatic carbocycles. The lowest BCUT2D eigenvalue weighted by Gasteiger charge is -2.10. The van der Waals surface area contributed by atoms with Crippen LogP contribution >= 0.6 is 0 Å². The Morgan fingerprint density at radius 1 is 1.20 bits per heavy atom. The molecular formula is C14H8F4N2. The molecule has 0 bridgehead atoms. The Kier molecular flexibility index (Phi) is 3.70. The molecule has 2 nitrogen and oxygen atoms in total. The molecule has 20 heavy (non-hydrogen) atoms. The van der Waals surface area contributed by atoms with Gasteiger partial charge in [0, 0.05) is 5.56 Å². The van der Waals surface area contributed by atoms with Gasteiger partial charge in [-0.1, -0.05) is 12.1 Å². The number of nitriles is 1. The van der Waals surface area contributed by atoms with Crippen molar-refractivity contribution in [3.63, 3.8) is 0 Å². The first-order valence-corrected chi connectivity index (χ1v) is 5.61. The van der Waals surface area contributed by atoms with Crippen molar-refractivity contribution in [1.82, 2.24) is 4.98 Å². The Hall–Kier alpha value is -2.42. The summed E-state index contributed by atoms with van der Waals surface area (Å²) in [6.45, 7) is 0. The van der Waals surface area contributed by atoms with E-state index in [9.17, 15) is 17.6 Å². The molecular weight excluding hydrogens is 272 g/mol. The summed E-state index contributed by atoms with van der Waals surface area (Å²) in [5.41, 5.74) is -0.217. The van der Waals surface area contributed by atoms with Gasteiger partial charge >= 0.3 is 6.18 Å². The normalized spacial score (nSPS) is 11.2. The molecule has 102 valence electrons. The number of rotatable bonds is 2. The molecule has 0 saturated carbocycles. The first kappa shape index (κ1) is 14.0. The third-order valence-electron chi connectivity index (χ3n) is 2.68. The number of hydrogen-bond acceptors (Lipinski definition) is 2. The summed E-state index contributed by atoms with van der Waals surface area (Å²) >= 11 is 0. The minimum Gasteiger partial charge on any atom is -0.257 e. The lowest BCUT2D eigenvalue weighted by atomic mass is 10.0. The number of aromatic nitrogens is 1. The highest BCUT2D eigenvalue weighted by atomic mass is 19.4. The van der Waals surface area contributed by atoms with E-state index >= 15 is 0 Å². The zero-order valence-electron chi connectivity index (χ0n) is 10.1. The third-order valence-corrected chi connectivity index (χ3v) is 2.68. The van der Waals surface area contributed by atoms with Gasteiger partial charge in [-0.15, -0.1) is 0 Å². The predicted octanol–water partition coefficient (Wildman–Crippen LogP) is 3.97. The molecule has 1 aromatic carbocycles. The van der Waals surface area contributed by atoms with Gasteiger partial charge in [0.05, 0.1) is 29.9 Å². The molecule has 0 saturated heterocycles. The topological polar surface area (TPSA) is 36.7 Å². The standard InChI is InChI=1S/C14H8F4N2/c15-11-7-12(13(4-5-19)20-8-11)9-2-1-3-10(6-9)14(16,17)18/h1-3,6-8H,4H2. The maximum Gasteiger partial charge on any atom is 0.416 e. The molecule has 0 spiro atoms. The average Bonchev–Trinajstić information content (AvgIpc) is 2.40. The van der Waals surface area contributed by atoms with Crippen LogP contribution in [0, 0.1) is 17.1 Å². The van der Waals surface area contributed by atoms with Gasteiger partial charge < -0.3 is 0 Å². The van der Waals surface area contributed by atoms with Crippen LogP contribution in [0.25, 0.3) is 11.1 Å². The highest BCUT2D eigenvalue weighted by molar-refractivity contribution is 5.67. The second kappa shape index (κ2) is 5.29. The van der Waals surface area contributed by atoms with Crippen LogP contribution in [0.3, 0.4) is 0 Å². The van der Waals surface area contributed by atoms with Gasteiger partial charge in [0.15, 0.2) is 0 Å². The first-order valence-electron chi connectivity index (χ1n) is 5.61. The Morgan fingerprint density at radius 3 is 2.60 bits per heavy atom. The van der Waals surface area contributed by atoms with E-state index in [-0.39, 0.29) is 23.2 Å². The fraction of sp³-hybridized carbons (Fsp3) is 0.143. The third kappa shape index (κ3) is 2.94. The molecule has 6 heteroatoms. The second-order valence-electron chi connectivity index (χ2n) is 4.06. The smallest absolute Gasteiger partial charge is 0.257 e. The lowest BCUT2D eigenvalue weighted by Crippen LogP contribution is -2.05. The highest BCUT2D eigenvalue weighted by Crippen LogP contribution is 2.33. The summed E-state index contributed by atoms with van der Waals surface area (Å²) in [6.07, 6.45) is -3.65. The molecule has 0 aliphatic heterocycles. The van der Waals surface area contributed by atoms with Gasteiger partial charge in [-0.05, 0) is 23.8 Å². The fourth-order valence-electron chi connectivity index (χ4n) is 1.80. The number of pyridine rings is 1. The first-order chi connectivity index (χ1) is 9.41. The van der Waals surface area contributed by atoms with Crippen LogP contribution < -0.4 is 0 Å². The fourth-order valence-corrected chi connectivity index (χ4v) is 1.80. The molecule has 2 aromatic rings. The van der Waals surface area contributed by atoms with Gasteiger partial charge in [-0.25, -0.2) is 4.39 Å². The zero-order chi connectivity index (χ0) is 14.8. The summed E-state index contributed by atoms with van der Waals surface area (Å²) in [7, 11) is 0. The van der Waals surface area contributed by atoms with E-state index in [0.29, 0.717) is 0 Å². The van der Waals surface area contributed by atoms with Crippen molar-refractivity contribution in [2.75, 3.05) is 0 Å². The molecule has 2 rings (SSSR count). The van der Waals surface area contributed by atoms with E-state index in [1.807, 2.05) is 6.07 Å². The van der Waals surface area contributed by atoms with Crippen LogP contribution in [0.15, 0.2) is 36.5 Å². The van der Waals surface area contributed by atoms with Crippen LogP contribution in [-0.4, -0.2) is 4.98 Å². The molecule has 0 aliphatic rings. The largest absolute Gasteiger partial charge is 0.416 e. The van der Waals surface area contributed by atoms with Gasteiger partial charge in [-0.3, -0.25) is 4.98 Å². The van der Waals surface area contributed by atoms with Gasteiger partial charge in [-0.2, -0.15) is 18.4 Å². The number of halogens is 4. The second-order valence-corrected chi connectivity index (χ2v) is 4.06. The van der Waals surface area contributed by atoms with E-state index < -0.39 is 17.6 Å². The van der Waals surface area contributed by atoms with Crippen LogP contribution in [0.1, 0.15) is 11.3 Å². The molecule has 1 aromatic heterocycles. The van der Waals surface area contributed by atoms with Crippen LogP contribution in [0.2, 0.25) is 0 Å². The molecule has 0 fully saturated rings. The van der Waals surface area contributed by atoms with Crippen LogP contribution in [0.4, 0.5) is 17.6 Å². The Balaban J connectivity index is 2.57. The Morgan fingerprint density at radius 2 is 1.95 bits per heavy atom. The van der Waals surface area contributed by atoms with Crippen molar-refractivity contribution in [2.45, 2.75) is 12.6 Å². The van der Waals surface area contributed by atoms with Gasteiger partial charge in [0.2, 0.25) is 0 Å². The Bertz CT molecular complexity index is 672. The van der Waals surface area contributed by atoms with Crippen LogP contribution in [-0.2, 0) is 12.6 Å². The van der Waals surface area contributed by atoms with E-state index in [1.165, 1.54) is 12.1 Å². The number of benzene rings is 1. The molecule has 0 unspecified atom stereocenters. The minimum absolute atomic E-state index is 0.105. The summed E-state index contributed by atoms with van der Waals surface area (Å²) in [5.74, 6) is -0.667. The van der Waals surface area contributed by atoms with Crippen LogP contribution in [0.5, 0.6) is 0 Å². The van der Waals surface area contributed by atoms with Gasteiger partial charge in [0.25, 0.3) is 0 Å². The van der Waals surface area contributed by atoms with Crippen molar-refractivity contribution in [1.29, 1.82) is 5.26 Å². The number of hydrogen-bond donors (Lipinski definition) is 0. The van der Waals surface area contributed by atoms with E-state index in [4.69, 9.17) is 5.26 Å². The monoisotopic (exact) mass is 280 g/mol. The summed E-state index contributed by atoms with van der Waals surface area (Å²) in [5, 5.41) is 8.68. The number of alkyl halides is 3. The maximum atomic E-state index is 13.2. The van der Waals surface area contributed by atoms with Gasteiger partial charge in [0.1, 0.15) is 5.82 Å². The Labute approximate surface area is 112 Å². The SMILES string of the molecule is N#CCc1ncc(F)cc1-c1cccc(C(F)(F)F)c1. The summed E-state index contributed by atoms with van der Waals surface area (Å²) < 4.78 is 51.2. The van der Waals surface area contributed by atoms with Crippen molar-refractivity contribution in [3.8, 4) is 17.2 Å². The summed E-state index contributed by atoms with van der Waals surface area (Å²) in [6, 6.07) is 7.43. The minimum atomic E-state index is -4.48. The molecule has 0 atom stereocenters. The number of nitrogens with zero attached hydrogens (tertiary/aromatic N) is 2.